The molecule has 0 N–H and O–H groups in total. The lowest BCUT2D eigenvalue weighted by Crippen LogP contribution is -2.25. The van der Waals surface area contributed by atoms with Crippen LogP contribution in [-0.4, -0.2) is 22.4 Å². The van der Waals surface area contributed by atoms with E-state index in [1.165, 1.54) is 5.57 Å². The molecule has 0 radical (unpaired) electrons. The highest BCUT2D eigenvalue weighted by atomic mass is 16.1. The first-order valence-corrected chi connectivity index (χ1v) is 6.27. The van der Waals surface area contributed by atoms with Crippen molar-refractivity contribution in [2.75, 3.05) is 7.05 Å². The molecule has 4 nitrogen and oxygen atoms in total. The molecular weight excluding hydrogens is 238 g/mol. The van der Waals surface area contributed by atoms with Gasteiger partial charge in [-0.3, -0.25) is 19.3 Å². The lowest BCUT2D eigenvalue weighted by molar-refractivity contribution is 1.05. The SMILES string of the molecule is CC/C(C)=C\C(=NC)n1ccc2ccncc2c1=O. The number of pyridine rings is 2. The molecule has 98 valence electrons. The summed E-state index contributed by atoms with van der Waals surface area (Å²) >= 11 is 0. The summed E-state index contributed by atoms with van der Waals surface area (Å²) in [5.74, 6) is 0.648. The maximum Gasteiger partial charge on any atom is 0.265 e. The van der Waals surface area contributed by atoms with Crippen LogP contribution in [0.2, 0.25) is 0 Å². The number of aromatic nitrogens is 2. The first kappa shape index (κ1) is 13.2. The van der Waals surface area contributed by atoms with Gasteiger partial charge in [0.05, 0.1) is 5.39 Å². The second-order valence-corrected chi connectivity index (χ2v) is 4.38. The summed E-state index contributed by atoms with van der Waals surface area (Å²) in [6.07, 6.45) is 7.90. The lowest BCUT2D eigenvalue weighted by atomic mass is 10.2. The Balaban J connectivity index is 2.63. The third-order valence-electron chi connectivity index (χ3n) is 3.12. The number of fused-ring (bicyclic) bond motifs is 1. The Bertz CT molecular complexity index is 711. The molecule has 2 aromatic heterocycles. The Morgan fingerprint density at radius 1 is 1.47 bits per heavy atom. The van der Waals surface area contributed by atoms with Crippen LogP contribution in [0.1, 0.15) is 20.3 Å². The first-order chi connectivity index (χ1) is 9.17. The van der Waals surface area contributed by atoms with E-state index in [1.54, 1.807) is 30.2 Å². The van der Waals surface area contributed by atoms with Gasteiger partial charge in [-0.2, -0.15) is 0 Å². The van der Waals surface area contributed by atoms with Crippen LogP contribution in [0.3, 0.4) is 0 Å². The van der Waals surface area contributed by atoms with E-state index in [4.69, 9.17) is 0 Å². The second-order valence-electron chi connectivity index (χ2n) is 4.38. The summed E-state index contributed by atoms with van der Waals surface area (Å²) in [6.45, 7) is 4.10. The van der Waals surface area contributed by atoms with Crippen LogP contribution < -0.4 is 5.56 Å². The molecule has 0 aliphatic rings. The Morgan fingerprint density at radius 3 is 2.95 bits per heavy atom. The van der Waals surface area contributed by atoms with Crippen LogP contribution in [0.4, 0.5) is 0 Å². The topological polar surface area (TPSA) is 47.2 Å². The first-order valence-electron chi connectivity index (χ1n) is 6.27. The number of allylic oxidation sites excluding steroid dienone is 2. The van der Waals surface area contributed by atoms with Crippen molar-refractivity contribution in [2.45, 2.75) is 20.3 Å². The zero-order chi connectivity index (χ0) is 13.8. The molecule has 0 saturated heterocycles. The smallest absolute Gasteiger partial charge is 0.265 e. The number of hydrogen-bond acceptors (Lipinski definition) is 3. The minimum Gasteiger partial charge on any atom is -0.271 e. The molecule has 0 fully saturated rings. The fourth-order valence-corrected chi connectivity index (χ4v) is 1.83. The lowest BCUT2D eigenvalue weighted by Gasteiger charge is -2.07. The van der Waals surface area contributed by atoms with Gasteiger partial charge >= 0.3 is 0 Å². The van der Waals surface area contributed by atoms with E-state index in [1.807, 2.05) is 25.1 Å². The summed E-state index contributed by atoms with van der Waals surface area (Å²) in [7, 11) is 1.69. The Labute approximate surface area is 112 Å². The highest BCUT2D eigenvalue weighted by Gasteiger charge is 2.06. The molecule has 0 atom stereocenters. The van der Waals surface area contributed by atoms with Gasteiger partial charge in [-0.1, -0.05) is 12.5 Å². The van der Waals surface area contributed by atoms with Crippen molar-refractivity contribution in [3.05, 3.63) is 52.7 Å². The average molecular weight is 255 g/mol. The van der Waals surface area contributed by atoms with Crippen LogP contribution in [0, 0.1) is 0 Å². The quantitative estimate of drug-likeness (QED) is 0.611. The predicted octanol–water partition coefficient (Wildman–Crippen LogP) is 2.63. The van der Waals surface area contributed by atoms with E-state index in [9.17, 15) is 4.79 Å². The molecule has 4 heteroatoms. The molecule has 0 unspecified atom stereocenters. The van der Waals surface area contributed by atoms with Gasteiger partial charge in [0.2, 0.25) is 0 Å². The van der Waals surface area contributed by atoms with E-state index in [0.717, 1.165) is 11.8 Å². The Kier molecular flexibility index (Phi) is 3.90. The molecule has 0 aliphatic heterocycles. The molecule has 2 aromatic rings. The van der Waals surface area contributed by atoms with Crippen molar-refractivity contribution in [1.29, 1.82) is 0 Å². The van der Waals surface area contributed by atoms with Crippen molar-refractivity contribution in [2.24, 2.45) is 4.99 Å². The number of nitrogens with zero attached hydrogens (tertiary/aromatic N) is 3. The number of aliphatic imine (C=N–C) groups is 1. The summed E-state index contributed by atoms with van der Waals surface area (Å²) in [4.78, 5) is 20.6. The minimum absolute atomic E-state index is 0.0913. The fourth-order valence-electron chi connectivity index (χ4n) is 1.83. The van der Waals surface area contributed by atoms with Crippen molar-refractivity contribution in [3.63, 3.8) is 0 Å². The molecule has 0 amide bonds. The van der Waals surface area contributed by atoms with Gasteiger partial charge in [-0.25, -0.2) is 0 Å². The van der Waals surface area contributed by atoms with Gasteiger partial charge in [-0.05, 0) is 36.9 Å². The molecule has 0 aromatic carbocycles. The molecule has 19 heavy (non-hydrogen) atoms. The molecular formula is C15H17N3O. The Hall–Kier alpha value is -2.23. The van der Waals surface area contributed by atoms with Gasteiger partial charge in [0.25, 0.3) is 5.56 Å². The highest BCUT2D eigenvalue weighted by Crippen LogP contribution is 2.07. The highest BCUT2D eigenvalue weighted by molar-refractivity contribution is 5.96. The zero-order valence-electron chi connectivity index (χ0n) is 11.4. The molecule has 0 aliphatic carbocycles. The van der Waals surface area contributed by atoms with Crippen LogP contribution >= 0.6 is 0 Å². The van der Waals surface area contributed by atoms with E-state index >= 15 is 0 Å². The standard InChI is InChI=1S/C15H17N3O/c1-4-11(2)9-14(16-3)18-8-6-12-5-7-17-10-13(12)15(18)19/h5-10H,4H2,1-3H3/b11-9-,16-14?. The monoisotopic (exact) mass is 255 g/mol. The molecule has 0 bridgehead atoms. The maximum atomic E-state index is 12.4. The maximum absolute atomic E-state index is 12.4. The Morgan fingerprint density at radius 2 is 2.26 bits per heavy atom. The van der Waals surface area contributed by atoms with Gasteiger partial charge in [0.15, 0.2) is 0 Å². The summed E-state index contributed by atoms with van der Waals surface area (Å²) in [6, 6.07) is 3.73. The van der Waals surface area contributed by atoms with Crippen molar-refractivity contribution < 1.29 is 0 Å². The van der Waals surface area contributed by atoms with Gasteiger partial charge < -0.3 is 0 Å². The average Bonchev–Trinajstić information content (AvgIpc) is 2.45. The molecule has 2 rings (SSSR count). The molecule has 0 saturated carbocycles. The van der Waals surface area contributed by atoms with Crippen molar-refractivity contribution in [3.8, 4) is 0 Å². The zero-order valence-corrected chi connectivity index (χ0v) is 11.4. The number of hydrogen-bond donors (Lipinski definition) is 0. The third-order valence-corrected chi connectivity index (χ3v) is 3.12. The fraction of sp³-hybridized carbons (Fsp3) is 0.267. The van der Waals surface area contributed by atoms with E-state index in [-0.39, 0.29) is 5.56 Å². The largest absolute Gasteiger partial charge is 0.271 e. The summed E-state index contributed by atoms with van der Waals surface area (Å²) < 4.78 is 1.56. The van der Waals surface area contributed by atoms with E-state index < -0.39 is 0 Å². The van der Waals surface area contributed by atoms with Crippen molar-refractivity contribution >= 4 is 16.6 Å². The predicted molar refractivity (Wildman–Crippen MR) is 78.8 cm³/mol. The van der Waals surface area contributed by atoms with Crippen LogP contribution in [0.15, 0.2) is 52.2 Å². The van der Waals surface area contributed by atoms with Gasteiger partial charge in [-0.15, -0.1) is 0 Å². The van der Waals surface area contributed by atoms with E-state index in [0.29, 0.717) is 11.2 Å². The van der Waals surface area contributed by atoms with E-state index in [2.05, 4.69) is 16.9 Å². The molecule has 2 heterocycles. The van der Waals surface area contributed by atoms with Crippen LogP contribution in [0.25, 0.3) is 10.8 Å². The van der Waals surface area contributed by atoms with Crippen LogP contribution in [-0.2, 0) is 0 Å². The van der Waals surface area contributed by atoms with Gasteiger partial charge in [0.1, 0.15) is 5.84 Å². The summed E-state index contributed by atoms with van der Waals surface area (Å²) in [5, 5.41) is 1.50. The van der Waals surface area contributed by atoms with Gasteiger partial charge in [0, 0.05) is 25.6 Å². The number of rotatable bonds is 2. The third kappa shape index (κ3) is 2.62. The van der Waals surface area contributed by atoms with Crippen molar-refractivity contribution in [1.82, 2.24) is 9.55 Å². The van der Waals surface area contributed by atoms with Crippen LogP contribution in [0.5, 0.6) is 0 Å². The molecule has 0 spiro atoms. The second kappa shape index (κ2) is 5.61. The minimum atomic E-state index is -0.0913. The summed E-state index contributed by atoms with van der Waals surface area (Å²) in [5.41, 5.74) is 1.09. The normalized spacial score (nSPS) is 13.0.